The molecule has 0 fully saturated rings. The number of Topliss-reactive ketones (excluding diaryl/α,β-unsaturated/α-hetero) is 1. The topological polar surface area (TPSA) is 147 Å². The lowest BCUT2D eigenvalue weighted by Gasteiger charge is -2.33. The van der Waals surface area contributed by atoms with Crippen LogP contribution in [0.2, 0.25) is 5.02 Å². The fourth-order valence-corrected chi connectivity index (χ4v) is 5.34. The average molecular weight is 661 g/mol. The lowest BCUT2D eigenvalue weighted by molar-refractivity contribution is -0.144. The summed E-state index contributed by atoms with van der Waals surface area (Å²) >= 11 is 6.49. The van der Waals surface area contributed by atoms with Gasteiger partial charge in [-0.2, -0.15) is 0 Å². The van der Waals surface area contributed by atoms with Crippen molar-refractivity contribution in [3.8, 4) is 11.5 Å². The summed E-state index contributed by atoms with van der Waals surface area (Å²) in [5.41, 5.74) is 0.803. The maximum Gasteiger partial charge on any atom is 0.305 e. The van der Waals surface area contributed by atoms with E-state index >= 15 is 0 Å². The summed E-state index contributed by atoms with van der Waals surface area (Å²) in [5.74, 6) is -1.74. The molecule has 3 atom stereocenters. The molecule has 12 nitrogen and oxygen atoms in total. The van der Waals surface area contributed by atoms with Gasteiger partial charge in [-0.05, 0) is 37.6 Å². The van der Waals surface area contributed by atoms with Gasteiger partial charge in [0.05, 0.1) is 40.4 Å². The Balaban J connectivity index is 2.11. The molecule has 2 aromatic rings. The zero-order chi connectivity index (χ0) is 34.2. The Labute approximate surface area is 273 Å². The Morgan fingerprint density at radius 3 is 2.37 bits per heavy atom. The van der Waals surface area contributed by atoms with Crippen molar-refractivity contribution in [2.75, 3.05) is 39.4 Å². The van der Waals surface area contributed by atoms with Crippen LogP contribution < -0.4 is 19.7 Å². The second-order valence-corrected chi connectivity index (χ2v) is 12.1. The minimum Gasteiger partial charge on any atom is -0.493 e. The van der Waals surface area contributed by atoms with Gasteiger partial charge in [0.1, 0.15) is 12.2 Å². The van der Waals surface area contributed by atoms with Gasteiger partial charge in [0, 0.05) is 47.1 Å². The van der Waals surface area contributed by atoms with Crippen LogP contribution in [0, 0.1) is 5.41 Å². The summed E-state index contributed by atoms with van der Waals surface area (Å²) in [4.78, 5) is 64.9. The molecule has 0 spiro atoms. The SMILES string of the molecule is COC(=O)CC[C@H](NC(=O)C[C@H]1O[C@H](c2cccc(OC)c2OC)c2cc(Cl)ccc2N(CC(C)(C)COC(C)=O)C1=O)C(C)=O. The minimum atomic E-state index is -1.34. The van der Waals surface area contributed by atoms with E-state index in [0.29, 0.717) is 33.3 Å². The van der Waals surface area contributed by atoms with Crippen molar-refractivity contribution in [1.82, 2.24) is 5.32 Å². The van der Waals surface area contributed by atoms with Crippen molar-refractivity contribution in [2.24, 2.45) is 5.41 Å². The largest absolute Gasteiger partial charge is 0.493 e. The van der Waals surface area contributed by atoms with E-state index in [1.807, 2.05) is 13.8 Å². The van der Waals surface area contributed by atoms with Gasteiger partial charge in [0.15, 0.2) is 17.3 Å². The average Bonchev–Trinajstić information content (AvgIpc) is 3.11. The lowest BCUT2D eigenvalue weighted by atomic mass is 9.92. The number of hydrogen-bond acceptors (Lipinski definition) is 10. The van der Waals surface area contributed by atoms with E-state index in [9.17, 15) is 24.0 Å². The fraction of sp³-hybridized carbons (Fsp3) is 0.485. The standard InChI is InChI=1S/C33H41ClN2O10/c1-19(37)24(12-14-29(40)43-6)35-28(39)16-27-32(41)36(17-33(3,4)18-45-20(2)38)25-13-11-21(34)15-23(25)30(46-27)22-9-8-10-26(42-5)31(22)44-7/h8-11,13,15,24,27,30H,12,14,16-18H2,1-7H3,(H,35,39)/t24-,27+,30+/m0/s1. The van der Waals surface area contributed by atoms with Crippen LogP contribution in [0.4, 0.5) is 5.69 Å². The predicted octanol–water partition coefficient (Wildman–Crippen LogP) is 4.18. The number of carbonyl (C=O) groups excluding carboxylic acids is 5. The molecule has 0 bridgehead atoms. The normalized spacial score (nSPS) is 16.9. The summed E-state index contributed by atoms with van der Waals surface area (Å²) in [5, 5.41) is 3.02. The van der Waals surface area contributed by atoms with E-state index in [4.69, 9.17) is 30.5 Å². The van der Waals surface area contributed by atoms with Crippen molar-refractivity contribution in [3.63, 3.8) is 0 Å². The molecule has 2 amide bonds. The zero-order valence-electron chi connectivity index (χ0n) is 27.1. The molecule has 0 saturated carbocycles. The second-order valence-electron chi connectivity index (χ2n) is 11.7. The van der Waals surface area contributed by atoms with Crippen LogP contribution in [0.15, 0.2) is 36.4 Å². The van der Waals surface area contributed by atoms with Gasteiger partial charge in [-0.15, -0.1) is 0 Å². The molecule has 2 aromatic carbocycles. The van der Waals surface area contributed by atoms with Gasteiger partial charge in [0.25, 0.3) is 5.91 Å². The molecule has 0 aromatic heterocycles. The fourth-order valence-electron chi connectivity index (χ4n) is 5.16. The van der Waals surface area contributed by atoms with Gasteiger partial charge >= 0.3 is 11.9 Å². The number of ketones is 1. The van der Waals surface area contributed by atoms with Crippen LogP contribution in [0.25, 0.3) is 0 Å². The molecule has 1 aliphatic rings. The monoisotopic (exact) mass is 660 g/mol. The van der Waals surface area contributed by atoms with E-state index in [2.05, 4.69) is 10.1 Å². The first-order valence-corrected chi connectivity index (χ1v) is 15.1. The number of rotatable bonds is 14. The molecule has 13 heteroatoms. The molecule has 250 valence electrons. The second kappa shape index (κ2) is 15.9. The summed E-state index contributed by atoms with van der Waals surface area (Å²) in [6.45, 7) is 6.40. The molecule has 3 rings (SSSR count). The van der Waals surface area contributed by atoms with Crippen LogP contribution in [0.5, 0.6) is 11.5 Å². The molecule has 1 N–H and O–H groups in total. The molecule has 0 radical (unpaired) electrons. The number of para-hydroxylation sites is 1. The Hall–Kier alpha value is -4.16. The number of esters is 2. The van der Waals surface area contributed by atoms with Crippen molar-refractivity contribution in [1.29, 1.82) is 0 Å². The van der Waals surface area contributed by atoms with Gasteiger partial charge in [-0.25, -0.2) is 0 Å². The highest BCUT2D eigenvalue weighted by molar-refractivity contribution is 6.30. The van der Waals surface area contributed by atoms with Crippen LogP contribution in [-0.4, -0.2) is 76.2 Å². The first-order valence-electron chi connectivity index (χ1n) is 14.7. The number of carbonyl (C=O) groups is 5. The maximum atomic E-state index is 14.4. The summed E-state index contributed by atoms with van der Waals surface area (Å²) in [6, 6.07) is 9.27. The number of fused-ring (bicyclic) bond motifs is 1. The highest BCUT2D eigenvalue weighted by Gasteiger charge is 2.41. The van der Waals surface area contributed by atoms with Crippen molar-refractivity contribution in [3.05, 3.63) is 52.5 Å². The number of nitrogens with zero attached hydrogens (tertiary/aromatic N) is 1. The van der Waals surface area contributed by atoms with E-state index in [1.165, 1.54) is 40.1 Å². The third-order valence-electron chi connectivity index (χ3n) is 7.43. The van der Waals surface area contributed by atoms with Gasteiger partial charge in [-0.1, -0.05) is 37.6 Å². The predicted molar refractivity (Wildman–Crippen MR) is 169 cm³/mol. The van der Waals surface area contributed by atoms with Crippen molar-refractivity contribution >= 4 is 46.8 Å². The number of anilines is 1. The Morgan fingerprint density at radius 2 is 1.76 bits per heavy atom. The molecular formula is C33H41ClN2O10. The Morgan fingerprint density at radius 1 is 1.04 bits per heavy atom. The molecular weight excluding hydrogens is 620 g/mol. The van der Waals surface area contributed by atoms with E-state index in [0.717, 1.165) is 0 Å². The highest BCUT2D eigenvalue weighted by Crippen LogP contribution is 2.45. The Bertz CT molecular complexity index is 1460. The van der Waals surface area contributed by atoms with Crippen LogP contribution in [0.1, 0.15) is 64.2 Å². The van der Waals surface area contributed by atoms with E-state index in [1.54, 1.807) is 36.4 Å². The number of nitrogens with one attached hydrogen (secondary N) is 1. The van der Waals surface area contributed by atoms with Crippen LogP contribution in [-0.2, 0) is 38.2 Å². The molecule has 1 heterocycles. The summed E-state index contributed by atoms with van der Waals surface area (Å²) in [7, 11) is 4.21. The van der Waals surface area contributed by atoms with Crippen LogP contribution >= 0.6 is 11.6 Å². The molecule has 0 unspecified atom stereocenters. The Kier molecular flexibility index (Phi) is 12.6. The lowest BCUT2D eigenvalue weighted by Crippen LogP contribution is -2.48. The smallest absolute Gasteiger partial charge is 0.305 e. The van der Waals surface area contributed by atoms with Crippen molar-refractivity contribution < 1.29 is 47.7 Å². The third kappa shape index (κ3) is 9.20. The number of hydrogen-bond donors (Lipinski definition) is 1. The third-order valence-corrected chi connectivity index (χ3v) is 7.67. The number of halogens is 1. The van der Waals surface area contributed by atoms with Gasteiger partial charge in [-0.3, -0.25) is 24.0 Å². The maximum absolute atomic E-state index is 14.4. The number of benzene rings is 2. The van der Waals surface area contributed by atoms with E-state index in [-0.39, 0.29) is 31.8 Å². The minimum absolute atomic E-state index is 0.0225. The quantitative estimate of drug-likeness (QED) is 0.293. The number of amides is 2. The summed E-state index contributed by atoms with van der Waals surface area (Å²) < 4.78 is 27.7. The van der Waals surface area contributed by atoms with Crippen LogP contribution in [0.3, 0.4) is 0 Å². The number of methoxy groups -OCH3 is 3. The van der Waals surface area contributed by atoms with E-state index < -0.39 is 53.8 Å². The first kappa shape index (κ1) is 36.3. The van der Waals surface area contributed by atoms with Gasteiger partial charge in [0.2, 0.25) is 5.91 Å². The molecule has 1 aliphatic heterocycles. The first-order chi connectivity index (χ1) is 21.7. The van der Waals surface area contributed by atoms with Crippen molar-refractivity contribution in [2.45, 2.75) is 65.2 Å². The molecule has 0 aliphatic carbocycles. The number of ether oxygens (including phenoxy) is 5. The zero-order valence-corrected chi connectivity index (χ0v) is 27.9. The van der Waals surface area contributed by atoms with Gasteiger partial charge < -0.3 is 33.9 Å². The summed E-state index contributed by atoms with van der Waals surface area (Å²) in [6.07, 6.45) is -2.81. The molecule has 0 saturated heterocycles. The molecule has 46 heavy (non-hydrogen) atoms. The highest BCUT2D eigenvalue weighted by atomic mass is 35.5.